The maximum atomic E-state index is 12.2. The van der Waals surface area contributed by atoms with Crippen molar-refractivity contribution in [3.05, 3.63) is 41.7 Å². The molecule has 0 bridgehead atoms. The second-order valence-corrected chi connectivity index (χ2v) is 7.70. The molecule has 0 radical (unpaired) electrons. The van der Waals surface area contributed by atoms with Gasteiger partial charge in [0.25, 0.3) is 0 Å². The molecule has 1 aromatic carbocycles. The average Bonchev–Trinajstić information content (AvgIpc) is 2.86. The van der Waals surface area contributed by atoms with Crippen molar-refractivity contribution >= 4 is 17.5 Å². The Balaban J connectivity index is 2.11. The number of nitrogens with zero attached hydrogens (tertiary/aromatic N) is 1. The number of anilines is 2. The van der Waals surface area contributed by atoms with Gasteiger partial charge >= 0.3 is 6.03 Å². The molecule has 0 fully saturated rings. The van der Waals surface area contributed by atoms with Crippen LogP contribution in [0.2, 0.25) is 0 Å². The minimum atomic E-state index is -0.338. The van der Waals surface area contributed by atoms with E-state index in [1.54, 1.807) is 6.07 Å². The Labute approximate surface area is 137 Å². The summed E-state index contributed by atoms with van der Waals surface area (Å²) in [5, 5.41) is 9.48. The minimum Gasteiger partial charge on any atom is -0.359 e. The summed E-state index contributed by atoms with van der Waals surface area (Å²) < 4.78 is 5.27. The summed E-state index contributed by atoms with van der Waals surface area (Å²) in [6.07, 6.45) is 0. The predicted molar refractivity (Wildman–Crippen MR) is 93.0 cm³/mol. The smallest absolute Gasteiger partial charge is 0.324 e. The molecule has 2 rings (SSSR count). The number of amides is 2. The van der Waals surface area contributed by atoms with E-state index in [1.807, 2.05) is 45.0 Å². The third-order valence-electron chi connectivity index (χ3n) is 3.47. The molecule has 0 spiro atoms. The number of rotatable bonds is 2. The monoisotopic (exact) mass is 315 g/mol. The van der Waals surface area contributed by atoms with Crippen LogP contribution in [0.4, 0.5) is 16.3 Å². The van der Waals surface area contributed by atoms with Crippen molar-refractivity contribution in [2.45, 2.75) is 52.4 Å². The third kappa shape index (κ3) is 4.34. The van der Waals surface area contributed by atoms with Gasteiger partial charge in [-0.1, -0.05) is 64.9 Å². The van der Waals surface area contributed by atoms with Gasteiger partial charge in [0.15, 0.2) is 5.82 Å². The first kappa shape index (κ1) is 17.1. The van der Waals surface area contributed by atoms with E-state index in [2.05, 4.69) is 36.6 Å². The minimum absolute atomic E-state index is 0.0584. The number of nitrogens with one attached hydrogen (secondary N) is 2. The van der Waals surface area contributed by atoms with Crippen LogP contribution in [0.3, 0.4) is 0 Å². The molecule has 0 atom stereocenters. The van der Waals surface area contributed by atoms with Crippen LogP contribution < -0.4 is 10.6 Å². The first-order valence-electron chi connectivity index (χ1n) is 7.72. The number of aromatic nitrogens is 1. The number of para-hydroxylation sites is 1. The van der Waals surface area contributed by atoms with Gasteiger partial charge < -0.3 is 9.84 Å². The van der Waals surface area contributed by atoms with E-state index in [9.17, 15) is 4.79 Å². The first-order valence-corrected chi connectivity index (χ1v) is 7.72. The second-order valence-electron chi connectivity index (χ2n) is 7.70. The van der Waals surface area contributed by atoms with Gasteiger partial charge in [0, 0.05) is 17.2 Å². The lowest BCUT2D eigenvalue weighted by molar-refractivity contribution is 0.261. The molecule has 2 aromatic rings. The van der Waals surface area contributed by atoms with Gasteiger partial charge in [-0.25, -0.2) is 4.79 Å². The molecule has 124 valence electrons. The van der Waals surface area contributed by atoms with Gasteiger partial charge in [0.2, 0.25) is 0 Å². The molecule has 0 unspecified atom stereocenters. The maximum absolute atomic E-state index is 12.2. The number of hydrogen-bond donors (Lipinski definition) is 2. The Morgan fingerprint density at radius 3 is 2.22 bits per heavy atom. The number of benzene rings is 1. The normalized spacial score (nSPS) is 12.1. The summed E-state index contributed by atoms with van der Waals surface area (Å²) in [7, 11) is 0. The Morgan fingerprint density at radius 2 is 1.65 bits per heavy atom. The zero-order chi connectivity index (χ0) is 17.3. The molecule has 2 N–H and O–H groups in total. The van der Waals surface area contributed by atoms with Crippen LogP contribution in [0.15, 0.2) is 34.9 Å². The van der Waals surface area contributed by atoms with Crippen LogP contribution in [0.5, 0.6) is 0 Å². The fourth-order valence-electron chi connectivity index (χ4n) is 2.20. The van der Waals surface area contributed by atoms with E-state index in [1.165, 1.54) is 0 Å². The zero-order valence-corrected chi connectivity index (χ0v) is 14.7. The fourth-order valence-corrected chi connectivity index (χ4v) is 2.20. The lowest BCUT2D eigenvalue weighted by atomic mass is 9.86. The standard InChI is InChI=1S/C18H25N3O2/c1-17(2,3)12-9-7-8-10-13(12)19-16(22)20-15-11-14(23-21-15)18(4,5)6/h7-11H,1-6H3,(H2,19,20,21,22). The van der Waals surface area contributed by atoms with Crippen molar-refractivity contribution in [2.24, 2.45) is 0 Å². The van der Waals surface area contributed by atoms with Crippen LogP contribution in [0.25, 0.3) is 0 Å². The highest BCUT2D eigenvalue weighted by Crippen LogP contribution is 2.29. The summed E-state index contributed by atoms with van der Waals surface area (Å²) in [6.45, 7) is 12.4. The summed E-state index contributed by atoms with van der Waals surface area (Å²) in [5.74, 6) is 1.13. The van der Waals surface area contributed by atoms with Crippen LogP contribution in [0, 0.1) is 0 Å². The lowest BCUT2D eigenvalue weighted by Crippen LogP contribution is -2.23. The highest BCUT2D eigenvalue weighted by molar-refractivity contribution is 5.99. The molecule has 0 saturated carbocycles. The number of hydrogen-bond acceptors (Lipinski definition) is 3. The third-order valence-corrected chi connectivity index (χ3v) is 3.47. The van der Waals surface area contributed by atoms with E-state index < -0.39 is 0 Å². The molecule has 0 aliphatic heterocycles. The Bertz CT molecular complexity index is 691. The van der Waals surface area contributed by atoms with Gasteiger partial charge in [-0.15, -0.1) is 0 Å². The topological polar surface area (TPSA) is 67.2 Å². The first-order chi connectivity index (χ1) is 10.6. The van der Waals surface area contributed by atoms with Crippen LogP contribution in [0.1, 0.15) is 52.9 Å². The van der Waals surface area contributed by atoms with Crippen molar-refractivity contribution in [3.63, 3.8) is 0 Å². The maximum Gasteiger partial charge on any atom is 0.324 e. The molecule has 0 aliphatic carbocycles. The fraction of sp³-hybridized carbons (Fsp3) is 0.444. The quantitative estimate of drug-likeness (QED) is 0.827. The molecule has 1 heterocycles. The molecule has 0 aliphatic rings. The number of carbonyl (C=O) groups is 1. The van der Waals surface area contributed by atoms with E-state index in [0.717, 1.165) is 17.0 Å². The number of urea groups is 1. The van der Waals surface area contributed by atoms with Crippen LogP contribution in [-0.2, 0) is 10.8 Å². The highest BCUT2D eigenvalue weighted by atomic mass is 16.5. The van der Waals surface area contributed by atoms with Crippen LogP contribution in [-0.4, -0.2) is 11.2 Å². The van der Waals surface area contributed by atoms with Gasteiger partial charge in [-0.2, -0.15) is 0 Å². The summed E-state index contributed by atoms with van der Waals surface area (Å²) >= 11 is 0. The molecular weight excluding hydrogens is 290 g/mol. The van der Waals surface area contributed by atoms with Crippen molar-refractivity contribution in [1.29, 1.82) is 0 Å². The van der Waals surface area contributed by atoms with Gasteiger partial charge in [-0.3, -0.25) is 5.32 Å². The van der Waals surface area contributed by atoms with Gasteiger partial charge in [0.05, 0.1) is 0 Å². The molecule has 1 aromatic heterocycles. The predicted octanol–water partition coefficient (Wildman–Crippen LogP) is 4.91. The molecule has 2 amide bonds. The van der Waals surface area contributed by atoms with Crippen molar-refractivity contribution < 1.29 is 9.32 Å². The highest BCUT2D eigenvalue weighted by Gasteiger charge is 2.21. The molecular formula is C18H25N3O2. The molecule has 0 saturated heterocycles. The summed E-state index contributed by atoms with van der Waals surface area (Å²) in [6, 6.07) is 9.19. The summed E-state index contributed by atoms with van der Waals surface area (Å²) in [5.41, 5.74) is 1.65. The SMILES string of the molecule is CC(C)(C)c1cc(NC(=O)Nc2ccccc2C(C)(C)C)no1. The van der Waals surface area contributed by atoms with Crippen LogP contribution >= 0.6 is 0 Å². The number of carbonyl (C=O) groups excluding carboxylic acids is 1. The van der Waals surface area contributed by atoms with E-state index in [0.29, 0.717) is 5.82 Å². The second kappa shape index (κ2) is 6.07. The zero-order valence-electron chi connectivity index (χ0n) is 14.7. The molecule has 5 nitrogen and oxygen atoms in total. The van der Waals surface area contributed by atoms with Gasteiger partial charge in [-0.05, 0) is 17.0 Å². The van der Waals surface area contributed by atoms with E-state index >= 15 is 0 Å². The van der Waals surface area contributed by atoms with Gasteiger partial charge in [0.1, 0.15) is 5.76 Å². The molecule has 23 heavy (non-hydrogen) atoms. The van der Waals surface area contributed by atoms with E-state index in [-0.39, 0.29) is 16.9 Å². The Kier molecular flexibility index (Phi) is 4.50. The lowest BCUT2D eigenvalue weighted by Gasteiger charge is -2.22. The largest absolute Gasteiger partial charge is 0.359 e. The van der Waals surface area contributed by atoms with Crippen molar-refractivity contribution in [1.82, 2.24) is 5.16 Å². The van der Waals surface area contributed by atoms with Crippen molar-refractivity contribution in [3.8, 4) is 0 Å². The Morgan fingerprint density at radius 1 is 1.00 bits per heavy atom. The Hall–Kier alpha value is -2.30. The van der Waals surface area contributed by atoms with E-state index in [4.69, 9.17) is 4.52 Å². The average molecular weight is 315 g/mol. The van der Waals surface area contributed by atoms with Crippen molar-refractivity contribution in [2.75, 3.05) is 10.6 Å². The molecule has 5 heteroatoms. The summed E-state index contributed by atoms with van der Waals surface area (Å²) in [4.78, 5) is 12.2.